The van der Waals surface area contributed by atoms with Gasteiger partial charge in [0.05, 0.1) is 11.5 Å². The van der Waals surface area contributed by atoms with Crippen LogP contribution in [0.4, 0.5) is 0 Å². The standard InChI is InChI=1S/C31H44O3/c1-20(2)11-9-12-21(3)13-10-14-22(4)27-23(5)19-25-29(6)18-16-26(32)31(8,28(33)34)24(29)15-17-30(25,27)7/h9-14,24-26,32H,5,15-19H2,1-4,6-8H3,(H,33,34). The third-order valence-electron chi connectivity index (χ3n) is 9.41. The molecule has 3 heteroatoms. The van der Waals surface area contributed by atoms with E-state index in [1.165, 1.54) is 27.9 Å². The summed E-state index contributed by atoms with van der Waals surface area (Å²) >= 11 is 0. The van der Waals surface area contributed by atoms with Crippen molar-refractivity contribution in [2.24, 2.45) is 28.1 Å². The number of aliphatic carboxylic acids is 1. The minimum atomic E-state index is -1.08. The second-order valence-electron chi connectivity index (χ2n) is 11.9. The van der Waals surface area contributed by atoms with E-state index < -0.39 is 17.5 Å². The molecule has 0 radical (unpaired) electrons. The molecule has 0 amide bonds. The summed E-state index contributed by atoms with van der Waals surface area (Å²) in [6.45, 7) is 19.4. The normalized spacial score (nSPS) is 39.8. The highest BCUT2D eigenvalue weighted by molar-refractivity contribution is 5.76. The fourth-order valence-electron chi connectivity index (χ4n) is 7.64. The largest absolute Gasteiger partial charge is 0.481 e. The smallest absolute Gasteiger partial charge is 0.312 e. The van der Waals surface area contributed by atoms with Crippen molar-refractivity contribution in [2.75, 3.05) is 0 Å². The average Bonchev–Trinajstić information content (AvgIpc) is 3.02. The van der Waals surface area contributed by atoms with Gasteiger partial charge in [0, 0.05) is 0 Å². The Balaban J connectivity index is 1.93. The summed E-state index contributed by atoms with van der Waals surface area (Å²) in [5.41, 5.74) is 5.07. The van der Waals surface area contributed by atoms with E-state index in [1.807, 2.05) is 0 Å². The molecule has 0 aromatic carbocycles. The van der Waals surface area contributed by atoms with Gasteiger partial charge in [-0.15, -0.1) is 0 Å². The van der Waals surface area contributed by atoms with Crippen LogP contribution in [0.15, 0.2) is 70.9 Å². The molecule has 6 unspecified atom stereocenters. The van der Waals surface area contributed by atoms with Gasteiger partial charge < -0.3 is 10.2 Å². The number of rotatable bonds is 5. The van der Waals surface area contributed by atoms with Crippen molar-refractivity contribution in [3.05, 3.63) is 70.9 Å². The molecule has 3 saturated carbocycles. The second-order valence-corrected chi connectivity index (χ2v) is 11.9. The number of hydrogen-bond donors (Lipinski definition) is 2. The van der Waals surface area contributed by atoms with Crippen molar-refractivity contribution in [2.45, 2.75) is 86.7 Å². The number of fused-ring (bicyclic) bond motifs is 3. The summed E-state index contributed by atoms with van der Waals surface area (Å²) in [5.74, 6) is -0.535. The van der Waals surface area contributed by atoms with E-state index in [9.17, 15) is 15.0 Å². The molecule has 3 nitrogen and oxygen atoms in total. The van der Waals surface area contributed by atoms with E-state index in [2.05, 4.69) is 84.6 Å². The van der Waals surface area contributed by atoms with Crippen LogP contribution in [0, 0.1) is 28.1 Å². The predicted molar refractivity (Wildman–Crippen MR) is 141 cm³/mol. The van der Waals surface area contributed by atoms with E-state index in [0.29, 0.717) is 12.3 Å². The number of allylic oxidation sites excluding steroid dienone is 11. The zero-order valence-corrected chi connectivity index (χ0v) is 22.2. The molecule has 0 heterocycles. The summed E-state index contributed by atoms with van der Waals surface area (Å²) in [5, 5.41) is 20.9. The van der Waals surface area contributed by atoms with E-state index >= 15 is 0 Å². The van der Waals surface area contributed by atoms with Crippen molar-refractivity contribution >= 4 is 5.97 Å². The van der Waals surface area contributed by atoms with Crippen molar-refractivity contribution in [3.8, 4) is 0 Å². The van der Waals surface area contributed by atoms with Crippen molar-refractivity contribution in [1.82, 2.24) is 0 Å². The van der Waals surface area contributed by atoms with E-state index in [0.717, 1.165) is 25.7 Å². The highest BCUT2D eigenvalue weighted by Crippen LogP contribution is 2.70. The zero-order chi connectivity index (χ0) is 25.5. The van der Waals surface area contributed by atoms with Gasteiger partial charge in [0.1, 0.15) is 0 Å². The molecule has 3 aliphatic rings. The van der Waals surface area contributed by atoms with Crippen LogP contribution in [0.5, 0.6) is 0 Å². The molecular formula is C31H44O3. The Bertz CT molecular complexity index is 1000. The summed E-state index contributed by atoms with van der Waals surface area (Å²) in [4.78, 5) is 12.4. The number of carboxylic acid groups (broad SMARTS) is 1. The number of carbonyl (C=O) groups is 1. The van der Waals surface area contributed by atoms with Gasteiger partial charge in [-0.2, -0.15) is 0 Å². The first kappa shape index (κ1) is 26.5. The molecule has 0 spiro atoms. The van der Waals surface area contributed by atoms with Gasteiger partial charge in [0.15, 0.2) is 0 Å². The van der Waals surface area contributed by atoms with Crippen LogP contribution in [0.1, 0.15) is 80.6 Å². The Morgan fingerprint density at radius 1 is 0.971 bits per heavy atom. The highest BCUT2D eigenvalue weighted by Gasteiger charge is 2.66. The maximum absolute atomic E-state index is 12.4. The minimum absolute atomic E-state index is 0.0133. The lowest BCUT2D eigenvalue weighted by atomic mass is 9.43. The van der Waals surface area contributed by atoms with Crippen LogP contribution in [-0.2, 0) is 4.79 Å². The lowest BCUT2D eigenvalue weighted by Gasteiger charge is -2.61. The van der Waals surface area contributed by atoms with Crippen molar-refractivity contribution in [1.29, 1.82) is 0 Å². The SMILES string of the molecule is C=C1CC2C(C)(CCC3C2(C)CCC(O)C3(C)C(=O)O)C1=C(C)C=CC=C(C)C=CC=C(C)C. The first-order valence-corrected chi connectivity index (χ1v) is 12.8. The highest BCUT2D eigenvalue weighted by atomic mass is 16.4. The van der Waals surface area contributed by atoms with E-state index in [4.69, 9.17) is 0 Å². The Labute approximate surface area is 206 Å². The van der Waals surface area contributed by atoms with Gasteiger partial charge in [-0.05, 0) is 101 Å². The van der Waals surface area contributed by atoms with Gasteiger partial charge in [-0.25, -0.2) is 0 Å². The lowest BCUT2D eigenvalue weighted by Crippen LogP contribution is -2.61. The molecule has 34 heavy (non-hydrogen) atoms. The molecular weight excluding hydrogens is 420 g/mol. The van der Waals surface area contributed by atoms with Gasteiger partial charge in [0.2, 0.25) is 0 Å². The van der Waals surface area contributed by atoms with Gasteiger partial charge in [-0.3, -0.25) is 4.79 Å². The molecule has 0 aromatic heterocycles. The number of hydrogen-bond acceptors (Lipinski definition) is 2. The third kappa shape index (κ3) is 4.33. The minimum Gasteiger partial charge on any atom is -0.481 e. The van der Waals surface area contributed by atoms with Crippen molar-refractivity contribution < 1.29 is 15.0 Å². The maximum Gasteiger partial charge on any atom is 0.312 e. The van der Waals surface area contributed by atoms with Gasteiger partial charge >= 0.3 is 5.97 Å². The monoisotopic (exact) mass is 464 g/mol. The average molecular weight is 465 g/mol. The molecule has 0 aliphatic heterocycles. The number of aliphatic hydroxyl groups is 1. The maximum atomic E-state index is 12.4. The van der Waals surface area contributed by atoms with Crippen LogP contribution in [0.3, 0.4) is 0 Å². The quantitative estimate of drug-likeness (QED) is 0.412. The zero-order valence-electron chi connectivity index (χ0n) is 22.2. The van der Waals surface area contributed by atoms with Gasteiger partial charge in [-0.1, -0.05) is 73.6 Å². The van der Waals surface area contributed by atoms with E-state index in [1.54, 1.807) is 6.92 Å². The summed E-state index contributed by atoms with van der Waals surface area (Å²) < 4.78 is 0. The molecule has 3 fully saturated rings. The Morgan fingerprint density at radius 3 is 2.24 bits per heavy atom. The first-order chi connectivity index (χ1) is 15.8. The lowest BCUT2D eigenvalue weighted by molar-refractivity contribution is -0.194. The van der Waals surface area contributed by atoms with Crippen molar-refractivity contribution in [3.63, 3.8) is 0 Å². The summed E-state index contributed by atoms with van der Waals surface area (Å²) in [6.07, 6.45) is 16.1. The van der Waals surface area contributed by atoms with Crippen LogP contribution in [0.2, 0.25) is 0 Å². The number of aliphatic hydroxyl groups excluding tert-OH is 1. The van der Waals surface area contributed by atoms with E-state index in [-0.39, 0.29) is 16.7 Å². The molecule has 0 bridgehead atoms. The molecule has 186 valence electrons. The predicted octanol–water partition coefficient (Wildman–Crippen LogP) is 7.57. The van der Waals surface area contributed by atoms with Crippen LogP contribution >= 0.6 is 0 Å². The molecule has 2 N–H and O–H groups in total. The van der Waals surface area contributed by atoms with Gasteiger partial charge in [0.25, 0.3) is 0 Å². The second kappa shape index (κ2) is 9.49. The van der Waals surface area contributed by atoms with Crippen LogP contribution < -0.4 is 0 Å². The fraction of sp³-hybridized carbons (Fsp3) is 0.581. The number of carboxylic acids is 1. The molecule has 0 aromatic rings. The summed E-state index contributed by atoms with van der Waals surface area (Å²) in [7, 11) is 0. The molecule has 0 saturated heterocycles. The summed E-state index contributed by atoms with van der Waals surface area (Å²) in [6, 6.07) is 0. The third-order valence-corrected chi connectivity index (χ3v) is 9.41. The molecule has 6 atom stereocenters. The Morgan fingerprint density at radius 2 is 1.62 bits per heavy atom. The molecule has 3 rings (SSSR count). The van der Waals surface area contributed by atoms with Crippen LogP contribution in [-0.4, -0.2) is 22.3 Å². The first-order valence-electron chi connectivity index (χ1n) is 12.8. The fourth-order valence-corrected chi connectivity index (χ4v) is 7.64. The van der Waals surface area contributed by atoms with Crippen LogP contribution in [0.25, 0.3) is 0 Å². The Hall–Kier alpha value is -2.13. The Kier molecular flexibility index (Phi) is 7.39. The molecule has 3 aliphatic carbocycles. The topological polar surface area (TPSA) is 57.5 Å².